The maximum atomic E-state index is 10.8. The smallest absolute Gasteiger partial charge is 0.208 e. The Labute approximate surface area is 107 Å². The molecule has 0 aliphatic rings. The Morgan fingerprint density at radius 1 is 1.44 bits per heavy atom. The summed E-state index contributed by atoms with van der Waals surface area (Å²) in [6.45, 7) is 2.50. The fraction of sp³-hybridized carbons (Fsp3) is 0.364. The molecule has 6 nitrogen and oxygen atoms in total. The van der Waals surface area contributed by atoms with E-state index in [9.17, 15) is 8.42 Å². The Balaban J connectivity index is 2.43. The van der Waals surface area contributed by atoms with E-state index in [4.69, 9.17) is 5.73 Å². The van der Waals surface area contributed by atoms with Crippen LogP contribution in [0.15, 0.2) is 29.3 Å². The van der Waals surface area contributed by atoms with E-state index >= 15 is 0 Å². The lowest BCUT2D eigenvalue weighted by Gasteiger charge is -2.06. The predicted molar refractivity (Wildman–Crippen MR) is 74.1 cm³/mol. The number of aryl methyl sites for hydroxylation is 1. The molecular formula is C11H18N4O2S. The number of benzene rings is 1. The third-order valence-corrected chi connectivity index (χ3v) is 2.78. The molecule has 0 aliphatic heterocycles. The molecule has 1 aromatic rings. The van der Waals surface area contributed by atoms with E-state index < -0.39 is 10.0 Å². The number of aliphatic imine (C=N–C) groups is 1. The van der Waals surface area contributed by atoms with Crippen LogP contribution in [-0.4, -0.2) is 33.7 Å². The normalized spacial score (nSPS) is 12.4. The Hall–Kier alpha value is -1.60. The van der Waals surface area contributed by atoms with Crippen LogP contribution in [-0.2, 0) is 10.0 Å². The van der Waals surface area contributed by atoms with Crippen LogP contribution in [0, 0.1) is 6.92 Å². The zero-order valence-corrected chi connectivity index (χ0v) is 11.3. The summed E-state index contributed by atoms with van der Waals surface area (Å²) < 4.78 is 23.9. The molecule has 1 aromatic carbocycles. The average Bonchev–Trinajstić information content (AvgIpc) is 2.23. The first kappa shape index (κ1) is 14.5. The monoisotopic (exact) mass is 270 g/mol. The van der Waals surface area contributed by atoms with Gasteiger partial charge in [0.05, 0.1) is 12.8 Å². The molecule has 1 rings (SSSR count). The summed E-state index contributed by atoms with van der Waals surface area (Å²) in [4.78, 5) is 4.01. The van der Waals surface area contributed by atoms with Crippen molar-refractivity contribution in [3.05, 3.63) is 29.8 Å². The number of nitrogens with two attached hydrogens (primary N) is 1. The summed E-state index contributed by atoms with van der Waals surface area (Å²) in [5, 5.41) is 2.93. The number of nitrogens with zero attached hydrogens (tertiary/aromatic N) is 1. The maximum absolute atomic E-state index is 10.8. The van der Waals surface area contributed by atoms with Gasteiger partial charge < -0.3 is 11.1 Å². The summed E-state index contributed by atoms with van der Waals surface area (Å²) >= 11 is 0. The first-order chi connectivity index (χ1) is 8.37. The van der Waals surface area contributed by atoms with Crippen LogP contribution in [0.25, 0.3) is 0 Å². The van der Waals surface area contributed by atoms with Gasteiger partial charge in [0.1, 0.15) is 0 Å². The van der Waals surface area contributed by atoms with Gasteiger partial charge in [0.25, 0.3) is 0 Å². The molecule has 0 unspecified atom stereocenters. The highest BCUT2D eigenvalue weighted by Crippen LogP contribution is 2.08. The average molecular weight is 270 g/mol. The van der Waals surface area contributed by atoms with Gasteiger partial charge in [0, 0.05) is 12.2 Å². The largest absolute Gasteiger partial charge is 0.370 e. The number of hydrogen-bond donors (Lipinski definition) is 3. The van der Waals surface area contributed by atoms with E-state index in [1.165, 1.54) is 0 Å². The third kappa shape index (κ3) is 6.21. The van der Waals surface area contributed by atoms with Crippen LogP contribution in [0.2, 0.25) is 0 Å². The molecule has 100 valence electrons. The molecule has 7 heteroatoms. The molecule has 0 saturated carbocycles. The van der Waals surface area contributed by atoms with Crippen molar-refractivity contribution in [3.8, 4) is 0 Å². The highest BCUT2D eigenvalue weighted by Gasteiger charge is 1.98. The predicted octanol–water partition coefficient (Wildman–Crippen LogP) is 0.271. The molecule has 0 radical (unpaired) electrons. The number of hydrogen-bond acceptors (Lipinski definition) is 3. The molecule has 18 heavy (non-hydrogen) atoms. The second-order valence-electron chi connectivity index (χ2n) is 3.93. The molecule has 0 aromatic heterocycles. The second kappa shape index (κ2) is 6.36. The third-order valence-electron chi connectivity index (χ3n) is 2.05. The van der Waals surface area contributed by atoms with Crippen molar-refractivity contribution < 1.29 is 8.42 Å². The Morgan fingerprint density at radius 2 is 2.17 bits per heavy atom. The van der Waals surface area contributed by atoms with Crippen LogP contribution in [0.1, 0.15) is 5.56 Å². The van der Waals surface area contributed by atoms with Gasteiger partial charge in [0.15, 0.2) is 5.96 Å². The van der Waals surface area contributed by atoms with Crippen molar-refractivity contribution in [2.24, 2.45) is 10.7 Å². The lowest BCUT2D eigenvalue weighted by atomic mass is 10.2. The topological polar surface area (TPSA) is 96.6 Å². The van der Waals surface area contributed by atoms with E-state index in [-0.39, 0.29) is 19.0 Å². The Bertz CT molecular complexity index is 526. The minimum Gasteiger partial charge on any atom is -0.370 e. The molecule has 4 N–H and O–H groups in total. The molecule has 0 fully saturated rings. The molecule has 0 amide bonds. The molecule has 0 saturated heterocycles. The van der Waals surface area contributed by atoms with Crippen molar-refractivity contribution >= 4 is 21.7 Å². The van der Waals surface area contributed by atoms with Crippen LogP contribution in [0.5, 0.6) is 0 Å². The maximum Gasteiger partial charge on any atom is 0.208 e. The van der Waals surface area contributed by atoms with Crippen LogP contribution < -0.4 is 15.8 Å². The molecule has 0 aliphatic carbocycles. The Kier molecular flexibility index (Phi) is 5.11. The van der Waals surface area contributed by atoms with Crippen molar-refractivity contribution in [2.75, 3.05) is 24.7 Å². The fourth-order valence-corrected chi connectivity index (χ4v) is 1.78. The highest BCUT2D eigenvalue weighted by molar-refractivity contribution is 7.88. The zero-order valence-electron chi connectivity index (χ0n) is 10.5. The summed E-state index contributed by atoms with van der Waals surface area (Å²) in [5.41, 5.74) is 7.64. The van der Waals surface area contributed by atoms with Crippen LogP contribution in [0.4, 0.5) is 5.69 Å². The van der Waals surface area contributed by atoms with Gasteiger partial charge in [-0.2, -0.15) is 0 Å². The van der Waals surface area contributed by atoms with Gasteiger partial charge in [-0.1, -0.05) is 12.1 Å². The number of rotatable bonds is 5. The molecular weight excluding hydrogens is 252 g/mol. The first-order valence-corrected chi connectivity index (χ1v) is 7.34. The van der Waals surface area contributed by atoms with Crippen LogP contribution >= 0.6 is 0 Å². The summed E-state index contributed by atoms with van der Waals surface area (Å²) in [5.74, 6) is 0.260. The lowest BCUT2D eigenvalue weighted by Crippen LogP contribution is -2.27. The zero-order chi connectivity index (χ0) is 13.6. The molecule has 0 bridgehead atoms. The SMILES string of the molecule is Cc1cccc(NC(N)=NCCNS(C)(=O)=O)c1. The first-order valence-electron chi connectivity index (χ1n) is 5.45. The van der Waals surface area contributed by atoms with Crippen LogP contribution in [0.3, 0.4) is 0 Å². The number of nitrogens with one attached hydrogen (secondary N) is 2. The Morgan fingerprint density at radius 3 is 2.78 bits per heavy atom. The minimum atomic E-state index is -3.17. The van der Waals surface area contributed by atoms with E-state index in [0.717, 1.165) is 17.5 Å². The van der Waals surface area contributed by atoms with Gasteiger partial charge in [-0.15, -0.1) is 0 Å². The standard InChI is InChI=1S/C11H18N4O2S/c1-9-4-3-5-10(8-9)15-11(12)13-6-7-14-18(2,16)17/h3-5,8,14H,6-7H2,1-2H3,(H3,12,13,15). The van der Waals surface area contributed by atoms with Gasteiger partial charge >= 0.3 is 0 Å². The summed E-state index contributed by atoms with van der Waals surface area (Å²) in [6, 6.07) is 7.71. The minimum absolute atomic E-state index is 0.231. The van der Waals surface area contributed by atoms with Gasteiger partial charge in [-0.05, 0) is 24.6 Å². The molecule has 0 atom stereocenters. The van der Waals surface area contributed by atoms with Gasteiger partial charge in [-0.3, -0.25) is 4.99 Å². The highest BCUT2D eigenvalue weighted by atomic mass is 32.2. The van der Waals surface area contributed by atoms with Gasteiger partial charge in [0.2, 0.25) is 10.0 Å². The summed E-state index contributed by atoms with van der Waals surface area (Å²) in [7, 11) is -3.17. The van der Waals surface area contributed by atoms with Crippen molar-refractivity contribution in [2.45, 2.75) is 6.92 Å². The van der Waals surface area contributed by atoms with E-state index in [0.29, 0.717) is 0 Å². The van der Waals surface area contributed by atoms with E-state index in [1.807, 2.05) is 31.2 Å². The number of guanidine groups is 1. The number of sulfonamides is 1. The second-order valence-corrected chi connectivity index (χ2v) is 5.76. The quantitative estimate of drug-likeness (QED) is 0.406. The van der Waals surface area contributed by atoms with Crippen molar-refractivity contribution in [1.29, 1.82) is 0 Å². The van der Waals surface area contributed by atoms with Crippen molar-refractivity contribution in [3.63, 3.8) is 0 Å². The molecule has 0 spiro atoms. The van der Waals surface area contributed by atoms with Gasteiger partial charge in [-0.25, -0.2) is 13.1 Å². The lowest BCUT2D eigenvalue weighted by molar-refractivity contribution is 0.588. The van der Waals surface area contributed by atoms with E-state index in [1.54, 1.807) is 0 Å². The fourth-order valence-electron chi connectivity index (χ4n) is 1.32. The summed E-state index contributed by atoms with van der Waals surface area (Å²) in [6.07, 6.45) is 1.10. The number of anilines is 1. The van der Waals surface area contributed by atoms with E-state index in [2.05, 4.69) is 15.0 Å². The van der Waals surface area contributed by atoms with Crippen molar-refractivity contribution in [1.82, 2.24) is 4.72 Å². The molecule has 0 heterocycles.